The molecule has 0 saturated heterocycles. The maximum absolute atomic E-state index is 4.68. The van der Waals surface area contributed by atoms with E-state index < -0.39 is 0 Å². The van der Waals surface area contributed by atoms with Crippen LogP contribution < -0.4 is 0 Å². The van der Waals surface area contributed by atoms with Gasteiger partial charge in [-0.3, -0.25) is 4.98 Å². The van der Waals surface area contributed by atoms with Crippen LogP contribution >= 0.6 is 11.3 Å². The number of pyridine rings is 1. The van der Waals surface area contributed by atoms with E-state index in [1.807, 2.05) is 17.5 Å². The van der Waals surface area contributed by atoms with Crippen molar-refractivity contribution in [2.45, 2.75) is 26.7 Å². The van der Waals surface area contributed by atoms with Crippen molar-refractivity contribution in [3.05, 3.63) is 52.3 Å². The molecule has 0 aliphatic heterocycles. The lowest BCUT2D eigenvalue weighted by molar-refractivity contribution is 0.940. The van der Waals surface area contributed by atoms with Gasteiger partial charge in [-0.05, 0) is 31.5 Å². The number of benzene rings is 1. The predicted octanol–water partition coefficient (Wildman–Crippen LogP) is 5.71. The van der Waals surface area contributed by atoms with Crippen molar-refractivity contribution in [3.8, 4) is 11.3 Å². The van der Waals surface area contributed by atoms with E-state index in [2.05, 4.69) is 60.2 Å². The number of hydrogen-bond acceptors (Lipinski definition) is 2. The van der Waals surface area contributed by atoms with Crippen LogP contribution in [0.25, 0.3) is 33.1 Å². The highest BCUT2D eigenvalue weighted by Crippen LogP contribution is 2.36. The highest BCUT2D eigenvalue weighted by molar-refractivity contribution is 7.12. The molecule has 22 heavy (non-hydrogen) atoms. The van der Waals surface area contributed by atoms with E-state index in [4.69, 9.17) is 0 Å². The first kappa shape index (κ1) is 13.5. The monoisotopic (exact) mass is 306 g/mol. The number of thiophene rings is 1. The lowest BCUT2D eigenvalue weighted by atomic mass is 10.1. The average Bonchev–Trinajstić information content (AvgIpc) is 3.08. The van der Waals surface area contributed by atoms with Crippen molar-refractivity contribution >= 4 is 33.1 Å². The molecule has 0 amide bonds. The fourth-order valence-corrected chi connectivity index (χ4v) is 4.27. The summed E-state index contributed by atoms with van der Waals surface area (Å²) in [6, 6.07) is 12.9. The lowest BCUT2D eigenvalue weighted by Gasteiger charge is -2.01. The van der Waals surface area contributed by atoms with Gasteiger partial charge in [0.2, 0.25) is 0 Å². The van der Waals surface area contributed by atoms with E-state index in [0.717, 1.165) is 17.6 Å². The minimum atomic E-state index is 1.07. The number of nitrogens with zero attached hydrogens (tertiary/aromatic N) is 1. The van der Waals surface area contributed by atoms with Crippen LogP contribution in [0.15, 0.2) is 42.6 Å². The summed E-state index contributed by atoms with van der Waals surface area (Å²) in [7, 11) is 0. The van der Waals surface area contributed by atoms with Gasteiger partial charge in [0, 0.05) is 37.8 Å². The summed E-state index contributed by atoms with van der Waals surface area (Å²) < 4.78 is 0. The molecule has 3 heteroatoms. The largest absolute Gasteiger partial charge is 0.353 e. The summed E-state index contributed by atoms with van der Waals surface area (Å²) >= 11 is 1.90. The van der Waals surface area contributed by atoms with Crippen molar-refractivity contribution in [3.63, 3.8) is 0 Å². The topological polar surface area (TPSA) is 28.7 Å². The zero-order chi connectivity index (χ0) is 15.1. The van der Waals surface area contributed by atoms with Gasteiger partial charge < -0.3 is 4.98 Å². The Morgan fingerprint density at radius 2 is 2.00 bits per heavy atom. The molecule has 0 bridgehead atoms. The van der Waals surface area contributed by atoms with E-state index in [-0.39, 0.29) is 0 Å². The number of nitrogens with one attached hydrogen (secondary N) is 1. The van der Waals surface area contributed by atoms with Crippen molar-refractivity contribution in [1.29, 1.82) is 0 Å². The maximum Gasteiger partial charge on any atom is 0.0954 e. The minimum absolute atomic E-state index is 1.07. The summed E-state index contributed by atoms with van der Waals surface area (Å²) in [5, 5.41) is 2.52. The number of aryl methyl sites for hydroxylation is 2. The minimum Gasteiger partial charge on any atom is -0.353 e. The third kappa shape index (κ3) is 2.04. The number of aromatic amines is 1. The molecule has 1 aromatic carbocycles. The van der Waals surface area contributed by atoms with Crippen LogP contribution in [0.5, 0.6) is 0 Å². The van der Waals surface area contributed by atoms with Gasteiger partial charge in [-0.15, -0.1) is 11.3 Å². The average molecular weight is 306 g/mol. The van der Waals surface area contributed by atoms with Crippen molar-refractivity contribution in [2.75, 3.05) is 0 Å². The molecule has 0 unspecified atom stereocenters. The predicted molar refractivity (Wildman–Crippen MR) is 95.6 cm³/mol. The Morgan fingerprint density at radius 1 is 1.14 bits per heavy atom. The van der Waals surface area contributed by atoms with E-state index in [1.54, 1.807) is 0 Å². The molecule has 0 spiro atoms. The molecule has 4 rings (SSSR count). The molecule has 0 radical (unpaired) electrons. The van der Waals surface area contributed by atoms with Crippen LogP contribution in [0.4, 0.5) is 0 Å². The van der Waals surface area contributed by atoms with E-state index in [9.17, 15) is 0 Å². The Labute approximate surface area is 133 Å². The smallest absolute Gasteiger partial charge is 0.0954 e. The van der Waals surface area contributed by atoms with Crippen molar-refractivity contribution in [2.24, 2.45) is 0 Å². The molecule has 0 fully saturated rings. The number of para-hydroxylation sites is 1. The lowest BCUT2D eigenvalue weighted by Crippen LogP contribution is -1.85. The molecule has 3 aromatic heterocycles. The SMILES string of the molecule is CCCc1cc(-c2nccc3c2[nH]c2ccccc23)c(C)s1. The van der Waals surface area contributed by atoms with E-state index in [1.165, 1.54) is 38.0 Å². The van der Waals surface area contributed by atoms with E-state index >= 15 is 0 Å². The summed E-state index contributed by atoms with van der Waals surface area (Å²) in [6.45, 7) is 4.42. The molecule has 110 valence electrons. The molecule has 3 heterocycles. The third-order valence-corrected chi connectivity index (χ3v) is 5.26. The fourth-order valence-electron chi connectivity index (χ4n) is 3.13. The summed E-state index contributed by atoms with van der Waals surface area (Å²) in [6.07, 6.45) is 4.26. The van der Waals surface area contributed by atoms with Gasteiger partial charge in [-0.2, -0.15) is 0 Å². The van der Waals surface area contributed by atoms with E-state index in [0.29, 0.717) is 0 Å². The highest BCUT2D eigenvalue weighted by atomic mass is 32.1. The van der Waals surface area contributed by atoms with Crippen molar-refractivity contribution in [1.82, 2.24) is 9.97 Å². The first-order chi connectivity index (χ1) is 10.8. The molecule has 1 N–H and O–H groups in total. The van der Waals surface area contributed by atoms with Crippen LogP contribution in [0.3, 0.4) is 0 Å². The second kappa shape index (κ2) is 5.25. The second-order valence-electron chi connectivity index (χ2n) is 5.69. The van der Waals surface area contributed by atoms with Gasteiger partial charge in [0.25, 0.3) is 0 Å². The van der Waals surface area contributed by atoms with Gasteiger partial charge in [0.1, 0.15) is 0 Å². The molecule has 0 aliphatic rings. The van der Waals surface area contributed by atoms with Crippen LogP contribution in [0, 0.1) is 6.92 Å². The first-order valence-electron chi connectivity index (χ1n) is 7.73. The fraction of sp³-hybridized carbons (Fsp3) is 0.211. The summed E-state index contributed by atoms with van der Waals surface area (Å²) in [5.74, 6) is 0. The Bertz CT molecular complexity index is 962. The summed E-state index contributed by atoms with van der Waals surface area (Å²) in [4.78, 5) is 11.0. The Kier molecular flexibility index (Phi) is 3.23. The van der Waals surface area contributed by atoms with Crippen LogP contribution in [-0.4, -0.2) is 9.97 Å². The molecule has 0 atom stereocenters. The number of H-pyrrole nitrogens is 1. The number of hydrogen-bond donors (Lipinski definition) is 1. The van der Waals surface area contributed by atoms with Gasteiger partial charge >= 0.3 is 0 Å². The summed E-state index contributed by atoms with van der Waals surface area (Å²) in [5.41, 5.74) is 4.66. The Hall–Kier alpha value is -2.13. The normalized spacial score (nSPS) is 11.5. The zero-order valence-corrected chi connectivity index (χ0v) is 13.6. The Morgan fingerprint density at radius 3 is 2.86 bits per heavy atom. The number of rotatable bonds is 3. The third-order valence-electron chi connectivity index (χ3n) is 4.15. The van der Waals surface area contributed by atoms with Crippen molar-refractivity contribution < 1.29 is 0 Å². The van der Waals surface area contributed by atoms with Crippen LogP contribution in [-0.2, 0) is 6.42 Å². The molecular weight excluding hydrogens is 288 g/mol. The first-order valence-corrected chi connectivity index (χ1v) is 8.54. The molecular formula is C19H18N2S. The Balaban J connectivity index is 1.99. The molecule has 0 aliphatic carbocycles. The number of fused-ring (bicyclic) bond motifs is 3. The molecule has 0 saturated carbocycles. The van der Waals surface area contributed by atoms with Crippen LogP contribution in [0.1, 0.15) is 23.1 Å². The zero-order valence-electron chi connectivity index (χ0n) is 12.8. The van der Waals surface area contributed by atoms with Crippen LogP contribution in [0.2, 0.25) is 0 Å². The van der Waals surface area contributed by atoms with Gasteiger partial charge in [0.15, 0.2) is 0 Å². The van der Waals surface area contributed by atoms with Gasteiger partial charge in [-0.25, -0.2) is 0 Å². The highest BCUT2D eigenvalue weighted by Gasteiger charge is 2.14. The maximum atomic E-state index is 4.68. The second-order valence-corrected chi connectivity index (χ2v) is 7.03. The molecule has 2 nitrogen and oxygen atoms in total. The molecule has 4 aromatic rings. The number of aromatic nitrogens is 2. The van der Waals surface area contributed by atoms with Gasteiger partial charge in [-0.1, -0.05) is 31.5 Å². The van der Waals surface area contributed by atoms with Gasteiger partial charge in [0.05, 0.1) is 11.2 Å². The quantitative estimate of drug-likeness (QED) is 0.516. The standard InChI is InChI=1S/C19H18N2S/c1-3-6-13-11-16(12(2)22-13)18-19-15(9-10-20-18)14-7-4-5-8-17(14)21-19/h4-5,7-11,21H,3,6H2,1-2H3.